The van der Waals surface area contributed by atoms with E-state index in [-0.39, 0.29) is 0 Å². The topological polar surface area (TPSA) is 34.5 Å². The van der Waals surface area contributed by atoms with E-state index in [4.69, 9.17) is 8.83 Å². The predicted octanol–water partition coefficient (Wildman–Crippen LogP) is 17.7. The van der Waals surface area contributed by atoms with Crippen molar-refractivity contribution in [3.05, 3.63) is 231 Å². The standard InChI is InChI=1S/C62H38N2O2/c1-2-16-43-39(15-1)33-36-48-44(43)22-14-28-58(48)64(57-27-10-5-19-47(57)51-23-13-24-52-49-20-6-11-29-59(49)65-61(51)52)42-37-53(62-54(38-42)50-21-7-12-30-60(50)66-62)40-31-34-41(35-32-40)63-55-25-8-3-17-45(55)46-18-4-9-26-56(46)63/h1-38H. The van der Waals surface area contributed by atoms with E-state index in [1.54, 1.807) is 0 Å². The summed E-state index contributed by atoms with van der Waals surface area (Å²) in [5.74, 6) is 0. The van der Waals surface area contributed by atoms with E-state index < -0.39 is 0 Å². The highest BCUT2D eigenvalue weighted by atomic mass is 16.3. The van der Waals surface area contributed by atoms with Crippen molar-refractivity contribution in [2.24, 2.45) is 0 Å². The molecule has 0 aliphatic carbocycles. The Balaban J connectivity index is 1.04. The molecule has 11 aromatic carbocycles. The lowest BCUT2D eigenvalue weighted by Gasteiger charge is -2.30. The van der Waals surface area contributed by atoms with Crippen LogP contribution in [0.15, 0.2) is 239 Å². The third kappa shape index (κ3) is 5.45. The second kappa shape index (κ2) is 14.3. The van der Waals surface area contributed by atoms with Crippen LogP contribution >= 0.6 is 0 Å². The van der Waals surface area contributed by atoms with E-state index >= 15 is 0 Å². The summed E-state index contributed by atoms with van der Waals surface area (Å²) in [4.78, 5) is 2.45. The van der Waals surface area contributed by atoms with Gasteiger partial charge in [0.2, 0.25) is 0 Å². The van der Waals surface area contributed by atoms with E-state index in [0.717, 1.165) is 94.3 Å². The third-order valence-electron chi connectivity index (χ3n) is 13.6. The Hall–Kier alpha value is -8.86. The van der Waals surface area contributed by atoms with Crippen LogP contribution in [-0.2, 0) is 0 Å². The molecule has 308 valence electrons. The summed E-state index contributed by atoms with van der Waals surface area (Å²) in [5, 5.41) is 11.6. The van der Waals surface area contributed by atoms with Crippen molar-refractivity contribution >= 4 is 104 Å². The number of para-hydroxylation sites is 6. The summed E-state index contributed by atoms with van der Waals surface area (Å²) in [6.45, 7) is 0. The van der Waals surface area contributed by atoms with Gasteiger partial charge in [-0.2, -0.15) is 0 Å². The Morgan fingerprint density at radius 1 is 0.318 bits per heavy atom. The molecular formula is C62H38N2O2. The minimum absolute atomic E-state index is 0.855. The largest absolute Gasteiger partial charge is 0.455 e. The average Bonchev–Trinajstić information content (AvgIpc) is 4.06. The zero-order valence-corrected chi connectivity index (χ0v) is 35.7. The van der Waals surface area contributed by atoms with Gasteiger partial charge in [-0.15, -0.1) is 0 Å². The number of hydrogen-bond acceptors (Lipinski definition) is 3. The number of nitrogens with zero attached hydrogens (tertiary/aromatic N) is 2. The number of hydrogen-bond donors (Lipinski definition) is 0. The predicted molar refractivity (Wildman–Crippen MR) is 276 cm³/mol. The van der Waals surface area contributed by atoms with E-state index in [0.29, 0.717) is 0 Å². The fourth-order valence-electron chi connectivity index (χ4n) is 10.6. The summed E-state index contributed by atoms with van der Waals surface area (Å²) in [7, 11) is 0. The van der Waals surface area contributed by atoms with Crippen LogP contribution in [0.4, 0.5) is 17.1 Å². The van der Waals surface area contributed by atoms with Crippen molar-refractivity contribution in [3.8, 4) is 27.9 Å². The van der Waals surface area contributed by atoms with Gasteiger partial charge >= 0.3 is 0 Å². The van der Waals surface area contributed by atoms with E-state index in [1.807, 2.05) is 12.1 Å². The minimum Gasteiger partial charge on any atom is -0.455 e. The highest BCUT2D eigenvalue weighted by Crippen LogP contribution is 2.49. The van der Waals surface area contributed by atoms with Crippen LogP contribution in [0, 0.1) is 0 Å². The minimum atomic E-state index is 0.855. The van der Waals surface area contributed by atoms with E-state index in [1.165, 1.54) is 38.0 Å². The molecule has 14 aromatic rings. The second-order valence-corrected chi connectivity index (χ2v) is 17.2. The van der Waals surface area contributed by atoms with Gasteiger partial charge in [0.05, 0.1) is 22.4 Å². The molecule has 0 saturated carbocycles. The van der Waals surface area contributed by atoms with Gasteiger partial charge in [-0.25, -0.2) is 0 Å². The van der Waals surface area contributed by atoms with Crippen molar-refractivity contribution in [3.63, 3.8) is 0 Å². The van der Waals surface area contributed by atoms with Gasteiger partial charge in [-0.3, -0.25) is 0 Å². The van der Waals surface area contributed by atoms with Gasteiger partial charge in [0.1, 0.15) is 22.3 Å². The van der Waals surface area contributed by atoms with E-state index in [9.17, 15) is 0 Å². The molecule has 0 spiro atoms. The molecule has 0 aliphatic rings. The fraction of sp³-hybridized carbons (Fsp3) is 0. The summed E-state index contributed by atoms with van der Waals surface area (Å²) in [6.07, 6.45) is 0. The summed E-state index contributed by atoms with van der Waals surface area (Å²) < 4.78 is 15.9. The molecule has 0 N–H and O–H groups in total. The molecule has 0 fully saturated rings. The van der Waals surface area contributed by atoms with Crippen molar-refractivity contribution in [1.82, 2.24) is 4.57 Å². The molecule has 0 saturated heterocycles. The zero-order valence-electron chi connectivity index (χ0n) is 35.7. The molecule has 3 heterocycles. The zero-order chi connectivity index (χ0) is 43.3. The number of anilines is 3. The lowest BCUT2D eigenvalue weighted by molar-refractivity contribution is 0.669. The van der Waals surface area contributed by atoms with Crippen molar-refractivity contribution in [2.75, 3.05) is 4.90 Å². The first kappa shape index (κ1) is 36.6. The number of benzene rings is 11. The number of rotatable bonds is 6. The maximum Gasteiger partial charge on any atom is 0.143 e. The Bertz CT molecular complexity index is 4190. The maximum absolute atomic E-state index is 6.85. The highest BCUT2D eigenvalue weighted by Gasteiger charge is 2.25. The Labute approximate surface area is 379 Å². The van der Waals surface area contributed by atoms with Crippen LogP contribution in [0.1, 0.15) is 0 Å². The first-order valence-corrected chi connectivity index (χ1v) is 22.5. The summed E-state index contributed by atoms with van der Waals surface area (Å²) in [6, 6.07) is 82.8. The number of aromatic nitrogens is 1. The molecule has 66 heavy (non-hydrogen) atoms. The van der Waals surface area contributed by atoms with Crippen LogP contribution in [0.25, 0.3) is 115 Å². The first-order chi connectivity index (χ1) is 32.7. The van der Waals surface area contributed by atoms with Gasteiger partial charge in [0, 0.05) is 65.8 Å². The van der Waals surface area contributed by atoms with Crippen LogP contribution in [0.5, 0.6) is 0 Å². The molecule has 0 atom stereocenters. The molecule has 0 bridgehead atoms. The number of furan rings is 2. The molecule has 4 nitrogen and oxygen atoms in total. The highest BCUT2D eigenvalue weighted by molar-refractivity contribution is 6.17. The normalized spacial score (nSPS) is 11.9. The van der Waals surface area contributed by atoms with Crippen molar-refractivity contribution in [2.45, 2.75) is 0 Å². The lowest BCUT2D eigenvalue weighted by atomic mass is 9.96. The van der Waals surface area contributed by atoms with Crippen LogP contribution in [0.2, 0.25) is 0 Å². The third-order valence-corrected chi connectivity index (χ3v) is 13.6. The van der Waals surface area contributed by atoms with Gasteiger partial charge in [0.15, 0.2) is 0 Å². The Morgan fingerprint density at radius 3 is 1.62 bits per heavy atom. The maximum atomic E-state index is 6.85. The molecule has 0 amide bonds. The summed E-state index contributed by atoms with van der Waals surface area (Å²) >= 11 is 0. The van der Waals surface area contributed by atoms with Gasteiger partial charge in [0.25, 0.3) is 0 Å². The second-order valence-electron chi connectivity index (χ2n) is 17.2. The molecule has 3 aromatic heterocycles. The molecule has 4 heteroatoms. The van der Waals surface area contributed by atoms with Crippen molar-refractivity contribution < 1.29 is 8.83 Å². The molecule has 0 radical (unpaired) electrons. The number of fused-ring (bicyclic) bond motifs is 12. The van der Waals surface area contributed by atoms with Crippen LogP contribution < -0.4 is 4.90 Å². The van der Waals surface area contributed by atoms with E-state index in [2.05, 4.69) is 228 Å². The lowest BCUT2D eigenvalue weighted by Crippen LogP contribution is -2.12. The first-order valence-electron chi connectivity index (χ1n) is 22.5. The average molecular weight is 843 g/mol. The van der Waals surface area contributed by atoms with Gasteiger partial charge < -0.3 is 18.3 Å². The Morgan fingerprint density at radius 2 is 0.864 bits per heavy atom. The molecule has 0 unspecified atom stereocenters. The smallest absolute Gasteiger partial charge is 0.143 e. The summed E-state index contributed by atoms with van der Waals surface area (Å²) in [5.41, 5.74) is 14.2. The fourth-order valence-corrected chi connectivity index (χ4v) is 10.6. The van der Waals surface area contributed by atoms with Crippen molar-refractivity contribution in [1.29, 1.82) is 0 Å². The monoisotopic (exact) mass is 842 g/mol. The SMILES string of the molecule is c1ccc(N(c2cc(-c3ccc(-n4c5ccccc5c5ccccc54)cc3)c3oc4ccccc4c3c2)c2cccc3c2ccc2ccccc23)c(-c2cccc3c2oc2ccccc23)c1. The quantitative estimate of drug-likeness (QED) is 0.156. The Kier molecular flexibility index (Phi) is 7.95. The van der Waals surface area contributed by atoms with Gasteiger partial charge in [-0.1, -0.05) is 170 Å². The van der Waals surface area contributed by atoms with Crippen LogP contribution in [0.3, 0.4) is 0 Å². The molecule has 0 aliphatic heterocycles. The molecular weight excluding hydrogens is 805 g/mol. The van der Waals surface area contributed by atoms with Gasteiger partial charge in [-0.05, 0) is 82.4 Å². The van der Waals surface area contributed by atoms with Crippen LogP contribution in [-0.4, -0.2) is 4.57 Å². The molecule has 14 rings (SSSR count).